The summed E-state index contributed by atoms with van der Waals surface area (Å²) in [6.07, 6.45) is 10.9. The standard InChI is InChI=1S/C26H34O2/c1-25-12-10-20(27)16-19(25)8-9-21-22(25)11-13-26(2)23(21)15-18(24(26)28)14-17-6-4-3-5-7-17/h3-7,14,19-23,27H,8-13,15-16H2,1-2H3/b18-14+/t19-,20-,21-,22+,23+,25+,26+/m1/s1. The monoisotopic (exact) mass is 378 g/mol. The molecular formula is C26H34O2. The number of carbonyl (C=O) groups excluding carboxylic acids is 1. The van der Waals surface area contributed by atoms with Crippen molar-refractivity contribution < 1.29 is 9.90 Å². The van der Waals surface area contributed by atoms with Crippen molar-refractivity contribution in [1.82, 2.24) is 0 Å². The minimum Gasteiger partial charge on any atom is -0.393 e. The number of rotatable bonds is 1. The molecule has 0 spiro atoms. The predicted molar refractivity (Wildman–Crippen MR) is 113 cm³/mol. The number of hydrogen-bond donors (Lipinski definition) is 1. The van der Waals surface area contributed by atoms with Gasteiger partial charge in [0.15, 0.2) is 5.78 Å². The summed E-state index contributed by atoms with van der Waals surface area (Å²) in [5.74, 6) is 3.03. The first-order valence-corrected chi connectivity index (χ1v) is 11.4. The number of Topliss-reactive ketones (excluding diaryl/α,β-unsaturated/α-hetero) is 1. The number of carbonyl (C=O) groups is 1. The molecule has 1 aromatic carbocycles. The Morgan fingerprint density at radius 1 is 1.00 bits per heavy atom. The molecule has 28 heavy (non-hydrogen) atoms. The first-order valence-electron chi connectivity index (χ1n) is 11.4. The lowest BCUT2D eigenvalue weighted by Crippen LogP contribution is -2.54. The lowest BCUT2D eigenvalue weighted by atomic mass is 9.45. The third-order valence-electron chi connectivity index (χ3n) is 9.42. The predicted octanol–water partition coefficient (Wildman–Crippen LogP) is 5.65. The number of benzene rings is 1. The minimum atomic E-state index is -0.154. The Balaban J connectivity index is 1.45. The Morgan fingerprint density at radius 2 is 1.79 bits per heavy atom. The van der Waals surface area contributed by atoms with Crippen LogP contribution in [0.3, 0.4) is 0 Å². The van der Waals surface area contributed by atoms with E-state index in [1.807, 2.05) is 6.07 Å². The van der Waals surface area contributed by atoms with Crippen molar-refractivity contribution in [2.45, 2.75) is 71.3 Å². The Bertz CT molecular complexity index is 796. The molecule has 1 N–H and O–H groups in total. The summed E-state index contributed by atoms with van der Waals surface area (Å²) >= 11 is 0. The van der Waals surface area contributed by atoms with Gasteiger partial charge in [0.05, 0.1) is 6.10 Å². The third-order valence-corrected chi connectivity index (χ3v) is 9.42. The lowest BCUT2D eigenvalue weighted by molar-refractivity contribution is -0.141. The molecule has 0 aliphatic heterocycles. The van der Waals surface area contributed by atoms with E-state index in [9.17, 15) is 9.90 Å². The molecule has 2 heteroatoms. The van der Waals surface area contributed by atoms with Gasteiger partial charge in [0.25, 0.3) is 0 Å². The molecule has 4 aliphatic carbocycles. The Hall–Kier alpha value is -1.41. The van der Waals surface area contributed by atoms with Crippen molar-refractivity contribution in [2.75, 3.05) is 0 Å². The average molecular weight is 379 g/mol. The van der Waals surface area contributed by atoms with E-state index in [1.54, 1.807) is 0 Å². The van der Waals surface area contributed by atoms with E-state index in [1.165, 1.54) is 25.7 Å². The van der Waals surface area contributed by atoms with Crippen molar-refractivity contribution in [3.63, 3.8) is 0 Å². The highest BCUT2D eigenvalue weighted by atomic mass is 16.3. The summed E-state index contributed by atoms with van der Waals surface area (Å²) in [5.41, 5.74) is 2.43. The van der Waals surface area contributed by atoms with Gasteiger partial charge in [-0.2, -0.15) is 0 Å². The van der Waals surface area contributed by atoms with Gasteiger partial charge in [0, 0.05) is 5.41 Å². The number of allylic oxidation sites excluding steroid dienone is 1. The van der Waals surface area contributed by atoms with Crippen LogP contribution in [-0.2, 0) is 4.79 Å². The van der Waals surface area contributed by atoms with Crippen LogP contribution in [0.5, 0.6) is 0 Å². The quantitative estimate of drug-likeness (QED) is 0.641. The molecule has 0 amide bonds. The van der Waals surface area contributed by atoms with Crippen molar-refractivity contribution in [2.24, 2.45) is 34.5 Å². The SMILES string of the molecule is C[C@]12CC[C@@H](O)C[C@H]1CC[C@@H]1[C@@H]2CC[C@]2(C)C(=O)/C(=C/c3ccccc3)C[C@@H]12. The maximum absolute atomic E-state index is 13.4. The van der Waals surface area contributed by atoms with Gasteiger partial charge < -0.3 is 5.11 Å². The molecule has 4 fully saturated rings. The molecule has 5 rings (SSSR count). The summed E-state index contributed by atoms with van der Waals surface area (Å²) in [7, 11) is 0. The molecule has 0 saturated heterocycles. The smallest absolute Gasteiger partial charge is 0.165 e. The van der Waals surface area contributed by atoms with Gasteiger partial charge in [0.1, 0.15) is 0 Å². The molecule has 2 nitrogen and oxygen atoms in total. The summed E-state index contributed by atoms with van der Waals surface area (Å²) < 4.78 is 0. The zero-order valence-corrected chi connectivity index (χ0v) is 17.4. The Morgan fingerprint density at radius 3 is 2.57 bits per heavy atom. The van der Waals surface area contributed by atoms with Gasteiger partial charge in [-0.3, -0.25) is 4.79 Å². The van der Waals surface area contributed by atoms with Gasteiger partial charge in [0.2, 0.25) is 0 Å². The maximum Gasteiger partial charge on any atom is 0.165 e. The summed E-state index contributed by atoms with van der Waals surface area (Å²) in [5, 5.41) is 10.2. The molecule has 0 radical (unpaired) electrons. The average Bonchev–Trinajstić information content (AvgIpc) is 2.94. The summed E-state index contributed by atoms with van der Waals surface area (Å²) in [4.78, 5) is 13.4. The molecule has 0 aromatic heterocycles. The van der Waals surface area contributed by atoms with Gasteiger partial charge in [-0.1, -0.05) is 44.2 Å². The van der Waals surface area contributed by atoms with Crippen molar-refractivity contribution in [3.8, 4) is 0 Å². The van der Waals surface area contributed by atoms with E-state index < -0.39 is 0 Å². The maximum atomic E-state index is 13.4. The van der Waals surface area contributed by atoms with Crippen LogP contribution in [0, 0.1) is 34.5 Å². The second-order valence-electron chi connectivity index (χ2n) is 10.7. The number of hydrogen-bond acceptors (Lipinski definition) is 2. The second kappa shape index (κ2) is 6.55. The Kier molecular flexibility index (Phi) is 4.36. The van der Waals surface area contributed by atoms with Crippen LogP contribution in [0.15, 0.2) is 35.9 Å². The zero-order chi connectivity index (χ0) is 19.5. The highest BCUT2D eigenvalue weighted by Crippen LogP contribution is 2.66. The van der Waals surface area contributed by atoms with E-state index >= 15 is 0 Å². The van der Waals surface area contributed by atoms with Gasteiger partial charge in [-0.25, -0.2) is 0 Å². The highest BCUT2D eigenvalue weighted by molar-refractivity contribution is 6.05. The number of ketones is 1. The molecule has 4 saturated carbocycles. The van der Waals surface area contributed by atoms with E-state index in [4.69, 9.17) is 0 Å². The summed E-state index contributed by atoms with van der Waals surface area (Å²) in [6.45, 7) is 4.78. The minimum absolute atomic E-state index is 0.0862. The molecule has 0 bridgehead atoms. The van der Waals surface area contributed by atoms with Gasteiger partial charge >= 0.3 is 0 Å². The molecule has 150 valence electrons. The fraction of sp³-hybridized carbons (Fsp3) is 0.654. The van der Waals surface area contributed by atoms with Crippen LogP contribution in [0.4, 0.5) is 0 Å². The summed E-state index contributed by atoms with van der Waals surface area (Å²) in [6, 6.07) is 10.3. The molecule has 4 aliphatic rings. The molecule has 0 unspecified atom stereocenters. The Labute approximate surface area is 169 Å². The van der Waals surface area contributed by atoms with Crippen molar-refractivity contribution in [3.05, 3.63) is 41.5 Å². The van der Waals surface area contributed by atoms with E-state index in [2.05, 4.69) is 44.2 Å². The van der Waals surface area contributed by atoms with Crippen LogP contribution in [-0.4, -0.2) is 17.0 Å². The third kappa shape index (κ3) is 2.67. The fourth-order valence-corrected chi connectivity index (χ4v) is 7.79. The van der Waals surface area contributed by atoms with Crippen LogP contribution in [0.25, 0.3) is 6.08 Å². The van der Waals surface area contributed by atoms with Crippen LogP contribution in [0.2, 0.25) is 0 Å². The molecule has 0 heterocycles. The number of aliphatic hydroxyl groups excluding tert-OH is 1. The highest BCUT2D eigenvalue weighted by Gasteiger charge is 2.61. The van der Waals surface area contributed by atoms with Gasteiger partial charge in [-0.05, 0) is 97.7 Å². The molecular weight excluding hydrogens is 344 g/mol. The largest absolute Gasteiger partial charge is 0.393 e. The zero-order valence-electron chi connectivity index (χ0n) is 17.4. The fourth-order valence-electron chi connectivity index (χ4n) is 7.79. The first-order chi connectivity index (χ1) is 13.4. The normalized spacial score (nSPS) is 46.8. The topological polar surface area (TPSA) is 37.3 Å². The molecule has 1 aromatic rings. The first kappa shape index (κ1) is 18.6. The van der Waals surface area contributed by atoms with Gasteiger partial charge in [-0.15, -0.1) is 0 Å². The van der Waals surface area contributed by atoms with E-state index in [-0.39, 0.29) is 11.5 Å². The lowest BCUT2D eigenvalue weighted by Gasteiger charge is -2.59. The van der Waals surface area contributed by atoms with Crippen LogP contribution in [0.1, 0.15) is 70.8 Å². The van der Waals surface area contributed by atoms with E-state index in [0.29, 0.717) is 29.0 Å². The molecule has 7 atom stereocenters. The van der Waals surface area contributed by atoms with Crippen molar-refractivity contribution >= 4 is 11.9 Å². The van der Waals surface area contributed by atoms with E-state index in [0.717, 1.165) is 42.7 Å². The number of fused-ring (bicyclic) bond motifs is 5. The second-order valence-corrected chi connectivity index (χ2v) is 10.7. The number of aliphatic hydroxyl groups is 1. The van der Waals surface area contributed by atoms with Crippen LogP contribution >= 0.6 is 0 Å². The van der Waals surface area contributed by atoms with Crippen LogP contribution < -0.4 is 0 Å². The van der Waals surface area contributed by atoms with Crippen molar-refractivity contribution in [1.29, 1.82) is 0 Å².